The number of rotatable bonds is 6. The Balaban J connectivity index is 3.52. The minimum atomic E-state index is -0.654. The van der Waals surface area contributed by atoms with Gasteiger partial charge >= 0.3 is 0 Å². The largest absolute Gasteiger partial charge is 0.393 e. The zero-order valence-electron chi connectivity index (χ0n) is 9.17. The summed E-state index contributed by atoms with van der Waals surface area (Å²) in [6, 6.07) is 0. The number of nitrogens with one attached hydrogen (secondary N) is 1. The van der Waals surface area contributed by atoms with E-state index in [0.717, 1.165) is 13.0 Å². The van der Waals surface area contributed by atoms with Crippen LogP contribution in [0.15, 0.2) is 0 Å². The predicted molar refractivity (Wildman–Crippen MR) is 54.6 cm³/mol. The molecule has 0 aromatic heterocycles. The highest BCUT2D eigenvalue weighted by Gasteiger charge is 2.23. The van der Waals surface area contributed by atoms with Crippen LogP contribution in [-0.4, -0.2) is 35.0 Å². The Morgan fingerprint density at radius 1 is 1.31 bits per heavy atom. The molecular weight excluding hydrogens is 166 g/mol. The van der Waals surface area contributed by atoms with Gasteiger partial charge < -0.3 is 15.5 Å². The van der Waals surface area contributed by atoms with Gasteiger partial charge in [-0.1, -0.05) is 13.8 Å². The van der Waals surface area contributed by atoms with E-state index in [4.69, 9.17) is 5.11 Å². The van der Waals surface area contributed by atoms with Crippen LogP contribution in [-0.2, 0) is 0 Å². The van der Waals surface area contributed by atoms with Crippen LogP contribution in [0.5, 0.6) is 0 Å². The second-order valence-corrected chi connectivity index (χ2v) is 4.33. The summed E-state index contributed by atoms with van der Waals surface area (Å²) in [7, 11) is 0. The van der Waals surface area contributed by atoms with Crippen LogP contribution < -0.4 is 5.32 Å². The molecule has 3 N–H and O–H groups in total. The smallest absolute Gasteiger partial charge is 0.0766 e. The van der Waals surface area contributed by atoms with E-state index in [-0.39, 0.29) is 12.0 Å². The van der Waals surface area contributed by atoms with E-state index in [9.17, 15) is 5.11 Å². The summed E-state index contributed by atoms with van der Waals surface area (Å²) in [5, 5.41) is 21.9. The van der Waals surface area contributed by atoms with Gasteiger partial charge in [-0.2, -0.15) is 0 Å². The van der Waals surface area contributed by atoms with Gasteiger partial charge in [0.1, 0.15) is 0 Å². The third kappa shape index (κ3) is 6.02. The minimum absolute atomic E-state index is 0.242. The van der Waals surface area contributed by atoms with Crippen molar-refractivity contribution in [3.63, 3.8) is 0 Å². The second kappa shape index (κ2) is 5.58. The normalized spacial score (nSPS) is 18.7. The van der Waals surface area contributed by atoms with Gasteiger partial charge in [0.2, 0.25) is 0 Å². The summed E-state index contributed by atoms with van der Waals surface area (Å²) in [5.74, 6) is 0.242. The fourth-order valence-corrected chi connectivity index (χ4v) is 0.857. The lowest BCUT2D eigenvalue weighted by Crippen LogP contribution is -2.42. The molecule has 2 atom stereocenters. The van der Waals surface area contributed by atoms with Crippen molar-refractivity contribution in [3.05, 3.63) is 0 Å². The SMILES string of the molecule is CC(O)CCNCC(C)(O)C(C)C. The maximum absolute atomic E-state index is 9.83. The van der Waals surface area contributed by atoms with Gasteiger partial charge in [0.25, 0.3) is 0 Å². The average Bonchev–Trinajstić information content (AvgIpc) is 1.97. The third-order valence-electron chi connectivity index (χ3n) is 2.47. The molecule has 0 fully saturated rings. The van der Waals surface area contributed by atoms with Crippen LogP contribution in [0.2, 0.25) is 0 Å². The Kier molecular flexibility index (Phi) is 5.53. The molecule has 3 nitrogen and oxygen atoms in total. The van der Waals surface area contributed by atoms with Gasteiger partial charge in [-0.05, 0) is 32.7 Å². The molecule has 0 amide bonds. The second-order valence-electron chi connectivity index (χ2n) is 4.33. The molecule has 0 aliphatic rings. The molecule has 0 radical (unpaired) electrons. The van der Waals surface area contributed by atoms with Gasteiger partial charge in [0.15, 0.2) is 0 Å². The molecular formula is C10H23NO2. The van der Waals surface area contributed by atoms with E-state index >= 15 is 0 Å². The molecule has 0 bridgehead atoms. The maximum Gasteiger partial charge on any atom is 0.0766 e. The number of aliphatic hydroxyl groups is 2. The van der Waals surface area contributed by atoms with Gasteiger partial charge in [0, 0.05) is 6.54 Å². The van der Waals surface area contributed by atoms with Crippen LogP contribution in [0.3, 0.4) is 0 Å². The lowest BCUT2D eigenvalue weighted by atomic mass is 9.92. The number of aliphatic hydroxyl groups excluding tert-OH is 1. The average molecular weight is 189 g/mol. The summed E-state index contributed by atoms with van der Waals surface area (Å²) < 4.78 is 0. The van der Waals surface area contributed by atoms with Crippen LogP contribution >= 0.6 is 0 Å². The lowest BCUT2D eigenvalue weighted by molar-refractivity contribution is 0.0137. The van der Waals surface area contributed by atoms with E-state index in [1.165, 1.54) is 0 Å². The van der Waals surface area contributed by atoms with Crippen molar-refractivity contribution in [2.75, 3.05) is 13.1 Å². The summed E-state index contributed by atoms with van der Waals surface area (Å²) in [5.41, 5.74) is -0.654. The summed E-state index contributed by atoms with van der Waals surface area (Å²) in [4.78, 5) is 0. The molecule has 3 heteroatoms. The molecule has 0 aliphatic carbocycles. The van der Waals surface area contributed by atoms with Crippen LogP contribution in [0.1, 0.15) is 34.1 Å². The standard InChI is InChI=1S/C10H23NO2/c1-8(2)10(4,13)7-11-6-5-9(3)12/h8-9,11-13H,5-7H2,1-4H3. The predicted octanol–water partition coefficient (Wildman–Crippen LogP) is 0.754. The molecule has 0 rings (SSSR count). The van der Waals surface area contributed by atoms with Gasteiger partial charge in [0.05, 0.1) is 11.7 Å². The van der Waals surface area contributed by atoms with Crippen molar-refractivity contribution in [2.45, 2.75) is 45.8 Å². The molecule has 0 spiro atoms. The Morgan fingerprint density at radius 2 is 1.85 bits per heavy atom. The first-order valence-electron chi connectivity index (χ1n) is 4.97. The van der Waals surface area contributed by atoms with Crippen LogP contribution in [0.25, 0.3) is 0 Å². The zero-order valence-corrected chi connectivity index (χ0v) is 9.17. The topological polar surface area (TPSA) is 52.5 Å². The fourth-order valence-electron chi connectivity index (χ4n) is 0.857. The van der Waals surface area contributed by atoms with Gasteiger partial charge in [-0.3, -0.25) is 0 Å². The Hall–Kier alpha value is -0.120. The molecule has 0 aromatic carbocycles. The van der Waals surface area contributed by atoms with Gasteiger partial charge in [-0.15, -0.1) is 0 Å². The molecule has 80 valence electrons. The maximum atomic E-state index is 9.83. The highest BCUT2D eigenvalue weighted by atomic mass is 16.3. The highest BCUT2D eigenvalue weighted by Crippen LogP contribution is 2.14. The van der Waals surface area contributed by atoms with Crippen molar-refractivity contribution in [3.8, 4) is 0 Å². The molecule has 0 aliphatic heterocycles. The number of hydrogen-bond donors (Lipinski definition) is 3. The Morgan fingerprint density at radius 3 is 2.23 bits per heavy atom. The van der Waals surface area contributed by atoms with Crippen molar-refractivity contribution in [2.24, 2.45) is 5.92 Å². The molecule has 13 heavy (non-hydrogen) atoms. The number of hydrogen-bond acceptors (Lipinski definition) is 3. The van der Waals surface area contributed by atoms with Crippen LogP contribution in [0, 0.1) is 5.92 Å². The quantitative estimate of drug-likeness (QED) is 0.541. The highest BCUT2D eigenvalue weighted by molar-refractivity contribution is 4.78. The summed E-state index contributed by atoms with van der Waals surface area (Å²) in [6.45, 7) is 8.92. The van der Waals surface area contributed by atoms with E-state index in [1.807, 2.05) is 20.8 Å². The fraction of sp³-hybridized carbons (Fsp3) is 1.00. The third-order valence-corrected chi connectivity index (χ3v) is 2.47. The van der Waals surface area contributed by atoms with Crippen molar-refractivity contribution in [1.82, 2.24) is 5.32 Å². The molecule has 0 saturated carbocycles. The van der Waals surface area contributed by atoms with E-state index < -0.39 is 5.60 Å². The molecule has 0 saturated heterocycles. The van der Waals surface area contributed by atoms with Crippen molar-refractivity contribution < 1.29 is 10.2 Å². The molecule has 2 unspecified atom stereocenters. The zero-order chi connectivity index (χ0) is 10.5. The molecule has 0 heterocycles. The Bertz CT molecular complexity index is 133. The van der Waals surface area contributed by atoms with Crippen LogP contribution in [0.4, 0.5) is 0 Å². The monoisotopic (exact) mass is 189 g/mol. The minimum Gasteiger partial charge on any atom is -0.393 e. The summed E-state index contributed by atoms with van der Waals surface area (Å²) >= 11 is 0. The van der Waals surface area contributed by atoms with Crippen molar-refractivity contribution in [1.29, 1.82) is 0 Å². The van der Waals surface area contributed by atoms with Gasteiger partial charge in [-0.25, -0.2) is 0 Å². The first-order chi connectivity index (χ1) is 5.86. The van der Waals surface area contributed by atoms with E-state index in [2.05, 4.69) is 5.32 Å². The first-order valence-corrected chi connectivity index (χ1v) is 4.97. The first kappa shape index (κ1) is 12.9. The van der Waals surface area contributed by atoms with E-state index in [0.29, 0.717) is 6.54 Å². The molecule has 0 aromatic rings. The lowest BCUT2D eigenvalue weighted by Gasteiger charge is -2.28. The Labute approximate surface area is 81.2 Å². The van der Waals surface area contributed by atoms with E-state index in [1.54, 1.807) is 6.92 Å². The summed E-state index contributed by atoms with van der Waals surface area (Å²) in [6.07, 6.45) is 0.463. The van der Waals surface area contributed by atoms with Crippen molar-refractivity contribution >= 4 is 0 Å².